The van der Waals surface area contributed by atoms with Crippen molar-refractivity contribution in [2.45, 2.75) is 36.6 Å². The molecule has 9 nitrogen and oxygen atoms in total. The fraction of sp³-hybridized carbons (Fsp3) is 0.250. The van der Waals surface area contributed by atoms with Crippen LogP contribution in [0.1, 0.15) is 34.4 Å². The maximum absolute atomic E-state index is 13.9. The molecule has 1 atom stereocenters. The van der Waals surface area contributed by atoms with Crippen LogP contribution < -0.4 is 4.90 Å². The molecule has 2 heterocycles. The van der Waals surface area contributed by atoms with E-state index < -0.39 is 50.3 Å². The zero-order chi connectivity index (χ0) is 35.6. The molecule has 0 bridgehead atoms. The molecule has 0 N–H and O–H groups in total. The Balaban J connectivity index is 1.47. The molecule has 1 unspecified atom stereocenters. The Hall–Kier alpha value is -4.50. The van der Waals surface area contributed by atoms with E-state index in [0.29, 0.717) is 21.2 Å². The summed E-state index contributed by atoms with van der Waals surface area (Å²) in [5.74, 6) is 0. The van der Waals surface area contributed by atoms with Crippen LogP contribution in [-0.4, -0.2) is 61.6 Å². The van der Waals surface area contributed by atoms with Gasteiger partial charge < -0.3 is 9.47 Å². The lowest BCUT2D eigenvalue weighted by Gasteiger charge is -2.37. The second kappa shape index (κ2) is 14.0. The van der Waals surface area contributed by atoms with Crippen molar-refractivity contribution < 1.29 is 34.2 Å². The number of rotatable bonds is 11. The first-order chi connectivity index (χ1) is 23.8. The van der Waals surface area contributed by atoms with Gasteiger partial charge in [0.1, 0.15) is 5.54 Å². The average Bonchev–Trinajstić information content (AvgIpc) is 3.50. The van der Waals surface area contributed by atoms with Crippen LogP contribution in [0.5, 0.6) is 0 Å². The predicted octanol–water partition coefficient (Wildman–Crippen LogP) is 6.13. The van der Waals surface area contributed by atoms with Crippen molar-refractivity contribution in [1.29, 1.82) is 0 Å². The van der Waals surface area contributed by atoms with E-state index in [-0.39, 0.29) is 19.6 Å². The van der Waals surface area contributed by atoms with E-state index in [4.69, 9.17) is 9.17 Å². The number of para-hydroxylation sites is 1. The molecule has 0 saturated heterocycles. The maximum Gasteiger partial charge on any atom is 0.511 e. The zero-order valence-corrected chi connectivity index (χ0v) is 28.7. The van der Waals surface area contributed by atoms with Crippen molar-refractivity contribution in [3.05, 3.63) is 156 Å². The molecule has 1 aliphatic heterocycles. The van der Waals surface area contributed by atoms with E-state index in [1.165, 1.54) is 0 Å². The molecule has 0 fully saturated rings. The quantitative estimate of drug-likeness (QED) is 0.119. The van der Waals surface area contributed by atoms with Gasteiger partial charge in [-0.1, -0.05) is 109 Å². The highest BCUT2D eigenvalue weighted by molar-refractivity contribution is 7.90. The van der Waals surface area contributed by atoms with Crippen LogP contribution in [0.15, 0.2) is 128 Å². The Kier molecular flexibility index (Phi) is 9.91. The van der Waals surface area contributed by atoms with Crippen LogP contribution >= 0.6 is 0 Å². The highest BCUT2D eigenvalue weighted by atomic mass is 32.2. The van der Waals surface area contributed by atoms with Crippen LogP contribution in [0, 0.1) is 0 Å². The van der Waals surface area contributed by atoms with E-state index in [1.54, 1.807) is 35.5 Å². The van der Waals surface area contributed by atoms with Crippen LogP contribution in [0.25, 0.3) is 0 Å². The number of hydrogen-bond acceptors (Lipinski definition) is 7. The number of sulfonamides is 1. The zero-order valence-electron chi connectivity index (χ0n) is 27.0. The van der Waals surface area contributed by atoms with E-state index in [2.05, 4.69) is 0 Å². The van der Waals surface area contributed by atoms with Crippen LogP contribution in [0.4, 0.5) is 18.9 Å². The van der Waals surface area contributed by atoms with Gasteiger partial charge >= 0.3 is 15.5 Å². The highest BCUT2D eigenvalue weighted by Crippen LogP contribution is 2.41. The minimum atomic E-state index is -5.73. The van der Waals surface area contributed by atoms with Crippen LogP contribution in [0.2, 0.25) is 0 Å². The van der Waals surface area contributed by atoms with Crippen LogP contribution in [-0.2, 0) is 43.0 Å². The third-order valence-corrected chi connectivity index (χ3v) is 11.0. The van der Waals surface area contributed by atoms with Crippen molar-refractivity contribution in [2.24, 2.45) is 0 Å². The van der Waals surface area contributed by atoms with E-state index in [1.807, 2.05) is 102 Å². The van der Waals surface area contributed by atoms with Gasteiger partial charge in [-0.3, -0.25) is 4.18 Å². The average molecular weight is 725 g/mol. The molecule has 14 heteroatoms. The largest absolute Gasteiger partial charge is 0.511 e. The number of imidazole rings is 1. The minimum absolute atomic E-state index is 0.0713. The molecule has 0 amide bonds. The van der Waals surface area contributed by atoms with E-state index in [9.17, 15) is 30.0 Å². The lowest BCUT2D eigenvalue weighted by molar-refractivity contribution is -0.0492. The van der Waals surface area contributed by atoms with Gasteiger partial charge in [0.15, 0.2) is 0 Å². The molecule has 6 rings (SSSR count). The van der Waals surface area contributed by atoms with Gasteiger partial charge in [-0.05, 0) is 34.7 Å². The summed E-state index contributed by atoms with van der Waals surface area (Å²) < 4.78 is 98.2. The SMILES string of the molecule is CS(=O)(=O)OCCC1CN(S(=O)(=O)C(F)(F)F)Cc2ccccc2N1Cc1cn(C(c2ccccc2)(c2ccccc2)c2ccccc2)cn1. The Morgan fingerprint density at radius 2 is 1.30 bits per heavy atom. The summed E-state index contributed by atoms with van der Waals surface area (Å²) in [4.78, 5) is 6.59. The Morgan fingerprint density at radius 1 is 0.780 bits per heavy atom. The van der Waals surface area contributed by atoms with Crippen molar-refractivity contribution in [1.82, 2.24) is 13.9 Å². The molecule has 262 valence electrons. The monoisotopic (exact) mass is 724 g/mol. The first kappa shape index (κ1) is 35.3. The normalized spacial score (nSPS) is 16.2. The van der Waals surface area contributed by atoms with Gasteiger partial charge in [-0.15, -0.1) is 0 Å². The second-order valence-electron chi connectivity index (χ2n) is 12.0. The number of benzene rings is 4. The second-order valence-corrected chi connectivity index (χ2v) is 15.6. The van der Waals surface area contributed by atoms with Gasteiger partial charge in [0.2, 0.25) is 0 Å². The summed E-state index contributed by atoms with van der Waals surface area (Å²) in [6, 6.07) is 35.6. The van der Waals surface area contributed by atoms with Gasteiger partial charge in [0, 0.05) is 31.0 Å². The van der Waals surface area contributed by atoms with Crippen molar-refractivity contribution in [2.75, 3.05) is 24.3 Å². The molecule has 0 aliphatic carbocycles. The summed E-state index contributed by atoms with van der Waals surface area (Å²) in [5.41, 5.74) is -2.09. The lowest BCUT2D eigenvalue weighted by atomic mass is 9.77. The lowest BCUT2D eigenvalue weighted by Crippen LogP contribution is -2.47. The molecule has 4 aromatic carbocycles. The Bertz CT molecular complexity index is 2030. The number of aromatic nitrogens is 2. The number of hydrogen-bond donors (Lipinski definition) is 0. The third-order valence-electron chi connectivity index (χ3n) is 8.81. The first-order valence-electron chi connectivity index (χ1n) is 15.8. The summed E-state index contributed by atoms with van der Waals surface area (Å²) >= 11 is 0. The highest BCUT2D eigenvalue weighted by Gasteiger charge is 2.51. The smallest absolute Gasteiger partial charge is 0.361 e. The molecule has 0 saturated carbocycles. The van der Waals surface area contributed by atoms with Gasteiger partial charge in [0.05, 0.1) is 31.4 Å². The number of fused-ring (bicyclic) bond motifs is 1. The fourth-order valence-corrected chi connectivity index (χ4v) is 7.99. The molecule has 0 spiro atoms. The van der Waals surface area contributed by atoms with Crippen LogP contribution in [0.3, 0.4) is 0 Å². The standard InChI is InChI=1S/C36H35F3N4O5S2/c1-49(44,45)48-22-21-33-26-42(50(46,47)36(37,38)39)23-28-13-11-12-20-34(28)43(33)25-32-24-41(27-40-32)35(29-14-5-2-6-15-29,30-16-7-3-8-17-30)31-18-9-4-10-19-31/h2-20,24,27,33H,21-23,25-26H2,1H3. The van der Waals surface area contributed by atoms with Gasteiger partial charge in [0.25, 0.3) is 10.1 Å². The summed E-state index contributed by atoms with van der Waals surface area (Å²) in [5, 5.41) is 0. The molecule has 5 aromatic rings. The predicted molar refractivity (Wildman–Crippen MR) is 184 cm³/mol. The van der Waals surface area contributed by atoms with Crippen molar-refractivity contribution in [3.8, 4) is 0 Å². The first-order valence-corrected chi connectivity index (χ1v) is 19.0. The molecular formula is C36H35F3N4O5S2. The summed E-state index contributed by atoms with van der Waals surface area (Å²) in [6.45, 7) is -1.38. The van der Waals surface area contributed by atoms with E-state index >= 15 is 0 Å². The number of halogens is 3. The van der Waals surface area contributed by atoms with Crippen molar-refractivity contribution in [3.63, 3.8) is 0 Å². The Morgan fingerprint density at radius 3 is 1.82 bits per heavy atom. The fourth-order valence-electron chi connectivity index (χ4n) is 6.62. The Labute approximate surface area is 289 Å². The van der Waals surface area contributed by atoms with Crippen molar-refractivity contribution >= 4 is 25.8 Å². The molecule has 50 heavy (non-hydrogen) atoms. The molecule has 1 aliphatic rings. The molecule has 1 aromatic heterocycles. The summed E-state index contributed by atoms with van der Waals surface area (Å²) in [6.07, 6.45) is 4.38. The summed E-state index contributed by atoms with van der Waals surface area (Å²) in [7, 11) is -9.60. The molecule has 0 radical (unpaired) electrons. The third kappa shape index (κ3) is 7.06. The van der Waals surface area contributed by atoms with Gasteiger partial charge in [-0.2, -0.15) is 25.9 Å². The number of alkyl halides is 3. The number of anilines is 1. The van der Waals surface area contributed by atoms with E-state index in [0.717, 1.165) is 22.9 Å². The van der Waals surface area contributed by atoms with Gasteiger partial charge in [-0.25, -0.2) is 13.4 Å². The molecular weight excluding hydrogens is 690 g/mol. The topological polar surface area (TPSA) is 102 Å². The maximum atomic E-state index is 13.9. The minimum Gasteiger partial charge on any atom is -0.361 e. The number of nitrogens with zero attached hydrogens (tertiary/aromatic N) is 4.